The number of anilines is 1. The molecule has 3 rings (SSSR count). The van der Waals surface area contributed by atoms with Gasteiger partial charge in [0.25, 0.3) is 10.0 Å². The summed E-state index contributed by atoms with van der Waals surface area (Å²) < 4.78 is 26.9. The van der Waals surface area contributed by atoms with Crippen LogP contribution in [-0.2, 0) is 10.0 Å². The molecule has 0 aliphatic heterocycles. The van der Waals surface area contributed by atoms with Crippen LogP contribution in [0.3, 0.4) is 0 Å². The van der Waals surface area contributed by atoms with Crippen molar-refractivity contribution in [2.45, 2.75) is 4.90 Å². The Morgan fingerprint density at radius 2 is 1.55 bits per heavy atom. The first-order chi connectivity index (χ1) is 9.65. The van der Waals surface area contributed by atoms with Gasteiger partial charge < -0.3 is 0 Å². The van der Waals surface area contributed by atoms with Gasteiger partial charge >= 0.3 is 0 Å². The Kier molecular flexibility index (Phi) is 3.08. The average molecular weight is 285 g/mol. The molecule has 20 heavy (non-hydrogen) atoms. The second-order valence-corrected chi connectivity index (χ2v) is 5.87. The molecule has 0 spiro atoms. The summed E-state index contributed by atoms with van der Waals surface area (Å²) in [4.78, 5) is 7.88. The topological polar surface area (TPSA) is 72.0 Å². The fourth-order valence-corrected chi connectivity index (χ4v) is 2.86. The van der Waals surface area contributed by atoms with Crippen molar-refractivity contribution < 1.29 is 8.42 Å². The van der Waals surface area contributed by atoms with Crippen LogP contribution in [0.4, 0.5) is 5.95 Å². The van der Waals surface area contributed by atoms with Crippen LogP contribution in [0.25, 0.3) is 10.8 Å². The Bertz CT molecular complexity index is 848. The largest absolute Gasteiger partial charge is 0.264 e. The molecule has 3 aromatic rings. The van der Waals surface area contributed by atoms with Gasteiger partial charge in [0, 0.05) is 12.4 Å². The molecule has 0 atom stereocenters. The second-order valence-electron chi connectivity index (χ2n) is 4.19. The van der Waals surface area contributed by atoms with Gasteiger partial charge in [0.1, 0.15) is 0 Å². The quantitative estimate of drug-likeness (QED) is 0.802. The van der Waals surface area contributed by atoms with Crippen molar-refractivity contribution in [1.29, 1.82) is 0 Å². The highest BCUT2D eigenvalue weighted by molar-refractivity contribution is 7.92. The zero-order chi connectivity index (χ0) is 14.0. The van der Waals surface area contributed by atoms with E-state index >= 15 is 0 Å². The van der Waals surface area contributed by atoms with Gasteiger partial charge in [0.15, 0.2) is 0 Å². The summed E-state index contributed by atoms with van der Waals surface area (Å²) in [7, 11) is -3.68. The van der Waals surface area contributed by atoms with Crippen molar-refractivity contribution in [3.8, 4) is 0 Å². The number of rotatable bonds is 3. The van der Waals surface area contributed by atoms with Crippen molar-refractivity contribution >= 4 is 26.7 Å². The summed E-state index contributed by atoms with van der Waals surface area (Å²) in [6.07, 6.45) is 2.95. The van der Waals surface area contributed by atoms with Crippen LogP contribution in [0.2, 0.25) is 0 Å². The van der Waals surface area contributed by atoms with Gasteiger partial charge in [0.2, 0.25) is 5.95 Å². The molecular weight excluding hydrogens is 274 g/mol. The zero-order valence-electron chi connectivity index (χ0n) is 10.4. The minimum absolute atomic E-state index is 0.0562. The maximum absolute atomic E-state index is 12.3. The maximum Gasteiger partial charge on any atom is 0.264 e. The molecule has 2 aromatic carbocycles. The van der Waals surface area contributed by atoms with Crippen LogP contribution >= 0.6 is 0 Å². The van der Waals surface area contributed by atoms with Crippen LogP contribution < -0.4 is 4.72 Å². The van der Waals surface area contributed by atoms with Gasteiger partial charge in [-0.15, -0.1) is 0 Å². The third kappa shape index (κ3) is 2.46. The normalized spacial score (nSPS) is 11.4. The van der Waals surface area contributed by atoms with Crippen molar-refractivity contribution in [1.82, 2.24) is 9.97 Å². The van der Waals surface area contributed by atoms with E-state index in [1.165, 1.54) is 12.4 Å². The maximum atomic E-state index is 12.3. The number of hydrogen-bond donors (Lipinski definition) is 1. The number of aromatic nitrogens is 2. The second kappa shape index (κ2) is 4.90. The van der Waals surface area contributed by atoms with Crippen LogP contribution in [0.5, 0.6) is 0 Å². The standard InChI is InChI=1S/C14H11N3O2S/c18-20(19,17-14-15-8-3-9-16-14)13-7-6-11-4-1-2-5-12(11)10-13/h1-10H,(H,15,16,17). The molecule has 5 nitrogen and oxygen atoms in total. The van der Waals surface area contributed by atoms with Crippen LogP contribution in [0, 0.1) is 0 Å². The molecule has 0 amide bonds. The van der Waals surface area contributed by atoms with Crippen LogP contribution in [0.15, 0.2) is 65.8 Å². The Morgan fingerprint density at radius 1 is 0.850 bits per heavy atom. The van der Waals surface area contributed by atoms with Gasteiger partial charge in [-0.05, 0) is 29.0 Å². The van der Waals surface area contributed by atoms with E-state index in [2.05, 4.69) is 14.7 Å². The Morgan fingerprint density at radius 3 is 2.30 bits per heavy atom. The molecule has 100 valence electrons. The average Bonchev–Trinajstić information content (AvgIpc) is 2.47. The lowest BCUT2D eigenvalue weighted by Gasteiger charge is -2.07. The summed E-state index contributed by atoms with van der Waals surface area (Å²) in [5.74, 6) is 0.0562. The van der Waals surface area contributed by atoms with Crippen molar-refractivity contribution in [3.05, 3.63) is 60.9 Å². The molecule has 1 heterocycles. The summed E-state index contributed by atoms with van der Waals surface area (Å²) >= 11 is 0. The highest BCUT2D eigenvalue weighted by Gasteiger charge is 2.15. The lowest BCUT2D eigenvalue weighted by molar-refractivity contribution is 0.601. The molecule has 0 aliphatic rings. The summed E-state index contributed by atoms with van der Waals surface area (Å²) in [6, 6.07) is 14.2. The van der Waals surface area contributed by atoms with Crippen LogP contribution in [-0.4, -0.2) is 18.4 Å². The fraction of sp³-hybridized carbons (Fsp3) is 0. The lowest BCUT2D eigenvalue weighted by Crippen LogP contribution is -2.14. The SMILES string of the molecule is O=S(=O)(Nc1ncccn1)c1ccc2ccccc2c1. The molecule has 1 N–H and O–H groups in total. The van der Waals surface area contributed by atoms with E-state index in [-0.39, 0.29) is 10.8 Å². The number of hydrogen-bond acceptors (Lipinski definition) is 4. The van der Waals surface area contributed by atoms with Crippen molar-refractivity contribution in [2.24, 2.45) is 0 Å². The van der Waals surface area contributed by atoms with Crippen molar-refractivity contribution in [2.75, 3.05) is 4.72 Å². The molecule has 0 fully saturated rings. The first-order valence-electron chi connectivity index (χ1n) is 5.94. The number of benzene rings is 2. The molecule has 0 bridgehead atoms. The number of fused-ring (bicyclic) bond motifs is 1. The zero-order valence-corrected chi connectivity index (χ0v) is 11.2. The third-order valence-corrected chi connectivity index (χ3v) is 4.15. The van der Waals surface area contributed by atoms with Crippen molar-refractivity contribution in [3.63, 3.8) is 0 Å². The van der Waals surface area contributed by atoms with E-state index in [1.54, 1.807) is 24.3 Å². The first kappa shape index (κ1) is 12.6. The highest BCUT2D eigenvalue weighted by Crippen LogP contribution is 2.20. The summed E-state index contributed by atoms with van der Waals surface area (Å²) in [5.41, 5.74) is 0. The summed E-state index contributed by atoms with van der Waals surface area (Å²) in [6.45, 7) is 0. The van der Waals surface area contributed by atoms with Gasteiger partial charge in [-0.1, -0.05) is 30.3 Å². The Hall–Kier alpha value is -2.47. The molecule has 0 saturated heterocycles. The first-order valence-corrected chi connectivity index (χ1v) is 7.42. The predicted octanol–water partition coefficient (Wildman–Crippen LogP) is 2.43. The predicted molar refractivity (Wildman–Crippen MR) is 76.8 cm³/mol. The Labute approximate surface area is 116 Å². The van der Waals surface area contributed by atoms with E-state index in [1.807, 2.05) is 24.3 Å². The molecule has 6 heteroatoms. The molecule has 0 radical (unpaired) electrons. The van der Waals surface area contributed by atoms with E-state index in [0.717, 1.165) is 10.8 Å². The minimum atomic E-state index is -3.68. The smallest absolute Gasteiger partial charge is 0.247 e. The highest BCUT2D eigenvalue weighted by atomic mass is 32.2. The van der Waals surface area contributed by atoms with Gasteiger partial charge in [-0.25, -0.2) is 23.1 Å². The van der Waals surface area contributed by atoms with Gasteiger partial charge in [-0.2, -0.15) is 0 Å². The molecule has 0 unspecified atom stereocenters. The molecular formula is C14H11N3O2S. The third-order valence-electron chi connectivity index (χ3n) is 2.82. The Balaban J connectivity index is 2.01. The van der Waals surface area contributed by atoms with Crippen LogP contribution in [0.1, 0.15) is 0 Å². The molecule has 1 aromatic heterocycles. The van der Waals surface area contributed by atoms with E-state index < -0.39 is 10.0 Å². The number of nitrogens with zero attached hydrogens (tertiary/aromatic N) is 2. The fourth-order valence-electron chi connectivity index (χ4n) is 1.87. The number of nitrogens with one attached hydrogen (secondary N) is 1. The molecule has 0 aliphatic carbocycles. The van der Waals surface area contributed by atoms with E-state index in [9.17, 15) is 8.42 Å². The van der Waals surface area contributed by atoms with Gasteiger partial charge in [0.05, 0.1) is 4.90 Å². The van der Waals surface area contributed by atoms with E-state index in [0.29, 0.717) is 0 Å². The van der Waals surface area contributed by atoms with Gasteiger partial charge in [-0.3, -0.25) is 0 Å². The summed E-state index contributed by atoms with van der Waals surface area (Å²) in [5, 5.41) is 1.85. The number of sulfonamides is 1. The minimum Gasteiger partial charge on any atom is -0.247 e. The monoisotopic (exact) mass is 285 g/mol. The lowest BCUT2D eigenvalue weighted by atomic mass is 10.1. The molecule has 0 saturated carbocycles. The van der Waals surface area contributed by atoms with E-state index in [4.69, 9.17) is 0 Å².